The van der Waals surface area contributed by atoms with Crippen LogP contribution in [-0.2, 0) is 16.4 Å². The van der Waals surface area contributed by atoms with Gasteiger partial charge in [-0.25, -0.2) is 18.1 Å². The molecule has 0 saturated carbocycles. The van der Waals surface area contributed by atoms with Crippen LogP contribution < -0.4 is 15.0 Å². The summed E-state index contributed by atoms with van der Waals surface area (Å²) in [5.74, 6) is -0.504. The molecule has 0 aliphatic heterocycles. The molecule has 190 valence electrons. The first-order valence-electron chi connectivity index (χ1n) is 11.7. The number of nitrogens with zero attached hydrogens (tertiary/aromatic N) is 1. The highest BCUT2D eigenvalue weighted by atomic mass is 32.2. The van der Waals surface area contributed by atoms with Crippen LogP contribution in [0.25, 0.3) is 11.3 Å². The third kappa shape index (κ3) is 5.62. The number of rotatable bonds is 7. The topological polar surface area (TPSA) is 118 Å². The molecule has 0 unspecified atom stereocenters. The molecule has 4 rings (SSSR count). The van der Waals surface area contributed by atoms with E-state index in [4.69, 9.17) is 4.74 Å². The molecule has 0 saturated heterocycles. The molecule has 2 N–H and O–H groups in total. The zero-order valence-corrected chi connectivity index (χ0v) is 21.8. The molecule has 0 aliphatic carbocycles. The van der Waals surface area contributed by atoms with Crippen molar-refractivity contribution in [2.75, 3.05) is 0 Å². The van der Waals surface area contributed by atoms with Crippen molar-refractivity contribution in [2.24, 2.45) is 0 Å². The van der Waals surface area contributed by atoms with Gasteiger partial charge < -0.3 is 9.72 Å². The van der Waals surface area contributed by atoms with Crippen LogP contribution in [0.2, 0.25) is 0 Å². The molecule has 1 amide bonds. The van der Waals surface area contributed by atoms with E-state index in [2.05, 4.69) is 16.9 Å². The zero-order chi connectivity index (χ0) is 26.7. The van der Waals surface area contributed by atoms with Gasteiger partial charge in [0, 0.05) is 11.8 Å². The lowest BCUT2D eigenvalue weighted by molar-refractivity contribution is 0.0978. The maximum Gasteiger partial charge on any atom is 0.270 e. The van der Waals surface area contributed by atoms with E-state index in [-0.39, 0.29) is 11.4 Å². The summed E-state index contributed by atoms with van der Waals surface area (Å²) in [7, 11) is -4.45. The maximum absolute atomic E-state index is 13.2. The van der Waals surface area contributed by atoms with E-state index >= 15 is 0 Å². The fourth-order valence-electron chi connectivity index (χ4n) is 4.04. The predicted octanol–water partition coefficient (Wildman–Crippen LogP) is 4.84. The van der Waals surface area contributed by atoms with E-state index in [1.54, 1.807) is 6.07 Å². The Balaban J connectivity index is 1.78. The number of pyridine rings is 2. The van der Waals surface area contributed by atoms with E-state index in [1.165, 1.54) is 23.9 Å². The van der Waals surface area contributed by atoms with Gasteiger partial charge in [-0.3, -0.25) is 9.59 Å². The van der Waals surface area contributed by atoms with Crippen LogP contribution in [-0.4, -0.2) is 24.3 Å². The third-order valence-corrected chi connectivity index (χ3v) is 7.22. The first kappa shape index (κ1) is 25.8. The normalized spacial score (nSPS) is 11.2. The van der Waals surface area contributed by atoms with Gasteiger partial charge in [0.15, 0.2) is 4.90 Å². The van der Waals surface area contributed by atoms with E-state index in [0.717, 1.165) is 34.7 Å². The van der Waals surface area contributed by atoms with Crippen molar-refractivity contribution in [1.82, 2.24) is 14.7 Å². The SMILES string of the molecule is CCc1ccc(-c2ccc(C(=O)NS(=O)(=O)c3ccc[nH]c3=O)c(Oc3c(C)cc(C)cc3C)n2)cc1. The van der Waals surface area contributed by atoms with Crippen molar-refractivity contribution in [3.63, 3.8) is 0 Å². The van der Waals surface area contributed by atoms with Gasteiger partial charge in [-0.05, 0) is 68.1 Å². The number of nitrogens with one attached hydrogen (secondary N) is 2. The zero-order valence-electron chi connectivity index (χ0n) is 21.0. The number of benzene rings is 2. The molecule has 2 aromatic carbocycles. The summed E-state index contributed by atoms with van der Waals surface area (Å²) < 4.78 is 33.7. The Morgan fingerprint density at radius 2 is 1.68 bits per heavy atom. The predicted molar refractivity (Wildman–Crippen MR) is 141 cm³/mol. The fourth-order valence-corrected chi connectivity index (χ4v) is 5.06. The highest BCUT2D eigenvalue weighted by Crippen LogP contribution is 2.32. The average molecular weight is 518 g/mol. The second-order valence-electron chi connectivity index (χ2n) is 8.73. The number of hydrogen-bond acceptors (Lipinski definition) is 6. The largest absolute Gasteiger partial charge is 0.438 e. The molecule has 8 nitrogen and oxygen atoms in total. The maximum atomic E-state index is 13.2. The number of ether oxygens (including phenoxy) is 1. The molecule has 0 radical (unpaired) electrons. The fraction of sp³-hybridized carbons (Fsp3) is 0.179. The number of aromatic amines is 1. The molecule has 0 spiro atoms. The second kappa shape index (κ2) is 10.4. The molecule has 2 heterocycles. The third-order valence-electron chi connectivity index (χ3n) is 5.86. The summed E-state index contributed by atoms with van der Waals surface area (Å²) in [5.41, 5.74) is 4.34. The molecule has 2 aromatic heterocycles. The van der Waals surface area contributed by atoms with Crippen LogP contribution in [0.3, 0.4) is 0 Å². The van der Waals surface area contributed by atoms with Gasteiger partial charge in [0.25, 0.3) is 21.5 Å². The van der Waals surface area contributed by atoms with Crippen LogP contribution in [0.4, 0.5) is 0 Å². The molecule has 0 atom stereocenters. The van der Waals surface area contributed by atoms with Gasteiger partial charge in [0.1, 0.15) is 11.3 Å². The van der Waals surface area contributed by atoms with Crippen molar-refractivity contribution in [1.29, 1.82) is 0 Å². The Hall–Kier alpha value is -4.24. The first-order valence-corrected chi connectivity index (χ1v) is 13.2. The van der Waals surface area contributed by atoms with E-state index in [9.17, 15) is 18.0 Å². The number of amides is 1. The van der Waals surface area contributed by atoms with Crippen molar-refractivity contribution >= 4 is 15.9 Å². The highest BCUT2D eigenvalue weighted by Gasteiger charge is 2.25. The molecule has 37 heavy (non-hydrogen) atoms. The lowest BCUT2D eigenvalue weighted by Gasteiger charge is -2.16. The van der Waals surface area contributed by atoms with E-state index < -0.39 is 26.4 Å². The van der Waals surface area contributed by atoms with Crippen LogP contribution in [0.15, 0.2) is 76.6 Å². The summed E-state index contributed by atoms with van der Waals surface area (Å²) in [6.45, 7) is 7.80. The van der Waals surface area contributed by atoms with Gasteiger partial charge in [-0.1, -0.05) is 48.9 Å². The monoisotopic (exact) mass is 517 g/mol. The van der Waals surface area contributed by atoms with Crippen LogP contribution >= 0.6 is 0 Å². The minimum absolute atomic E-state index is 0.0539. The number of H-pyrrole nitrogens is 1. The number of sulfonamides is 1. The quantitative estimate of drug-likeness (QED) is 0.362. The van der Waals surface area contributed by atoms with Gasteiger partial charge in [0.05, 0.1) is 5.69 Å². The van der Waals surface area contributed by atoms with Gasteiger partial charge in [-0.15, -0.1) is 0 Å². The lowest BCUT2D eigenvalue weighted by Crippen LogP contribution is -2.34. The highest BCUT2D eigenvalue weighted by molar-refractivity contribution is 7.90. The lowest BCUT2D eigenvalue weighted by atomic mass is 10.1. The Kier molecular flexibility index (Phi) is 7.26. The smallest absolute Gasteiger partial charge is 0.270 e. The van der Waals surface area contributed by atoms with Crippen LogP contribution in [0.1, 0.15) is 39.5 Å². The average Bonchev–Trinajstić information content (AvgIpc) is 2.86. The number of hydrogen-bond donors (Lipinski definition) is 2. The molecule has 0 bridgehead atoms. The standard InChI is InChI=1S/C28H27N3O5S/c1-5-20-8-10-21(11-9-20)23-13-12-22(26(32)31-37(34,35)24-7-6-14-29-27(24)33)28(30-23)36-25-18(3)15-17(2)16-19(25)4/h6-16H,5H2,1-4H3,(H,29,33)(H,31,32). The van der Waals surface area contributed by atoms with Crippen LogP contribution in [0.5, 0.6) is 11.6 Å². The first-order chi connectivity index (χ1) is 17.6. The molecule has 9 heteroatoms. The van der Waals surface area contributed by atoms with Gasteiger partial charge >= 0.3 is 0 Å². The van der Waals surface area contributed by atoms with Gasteiger partial charge in [0.2, 0.25) is 5.88 Å². The van der Waals surface area contributed by atoms with Crippen molar-refractivity contribution < 1.29 is 17.9 Å². The number of carbonyl (C=O) groups is 1. The molecular weight excluding hydrogens is 490 g/mol. The van der Waals surface area contributed by atoms with Crippen molar-refractivity contribution in [3.8, 4) is 22.9 Å². The molecule has 0 fully saturated rings. The Bertz CT molecular complexity index is 1620. The summed E-state index contributed by atoms with van der Waals surface area (Å²) in [5, 5.41) is 0. The molecule has 0 aliphatic rings. The number of aryl methyl sites for hydroxylation is 4. The van der Waals surface area contributed by atoms with Crippen molar-refractivity contribution in [2.45, 2.75) is 39.0 Å². The molecular formula is C28H27N3O5S. The molecule has 4 aromatic rings. The summed E-state index contributed by atoms with van der Waals surface area (Å²) >= 11 is 0. The summed E-state index contributed by atoms with van der Waals surface area (Å²) in [4.78, 5) is 31.5. The Morgan fingerprint density at radius 3 is 2.30 bits per heavy atom. The second-order valence-corrected chi connectivity index (χ2v) is 10.4. The minimum atomic E-state index is -4.45. The van der Waals surface area contributed by atoms with Crippen molar-refractivity contribution in [3.05, 3.63) is 105 Å². The number of carbonyl (C=O) groups excluding carboxylic acids is 1. The number of aromatic nitrogens is 2. The van der Waals surface area contributed by atoms with E-state index in [0.29, 0.717) is 11.4 Å². The summed E-state index contributed by atoms with van der Waals surface area (Å²) in [6, 6.07) is 17.3. The van der Waals surface area contributed by atoms with Crippen LogP contribution in [0, 0.1) is 20.8 Å². The Labute approximate surface area is 215 Å². The summed E-state index contributed by atoms with van der Waals surface area (Å²) in [6.07, 6.45) is 2.20. The van der Waals surface area contributed by atoms with E-state index in [1.807, 2.05) is 61.9 Å². The minimum Gasteiger partial charge on any atom is -0.438 e. The Morgan fingerprint density at radius 1 is 1.00 bits per heavy atom. The van der Waals surface area contributed by atoms with Gasteiger partial charge in [-0.2, -0.15) is 0 Å².